The molecule has 0 radical (unpaired) electrons. The van der Waals surface area contributed by atoms with Gasteiger partial charge in [0.2, 0.25) is 5.30 Å². The SMILES string of the molecule is CC(C)[C@@H]1CC[C@@H](C)CC1[P+](=O)c1cc(C(C)(C)C)cc2c1Oc1c(P(c3ccccc3)c3ccccc3)cc(C(C)(C)C)cc1C2(C)C.CC1(C)C2CCC1(C)C([P+](=O)c1ccccc1P(c1ccccc1)c1ccccc1)C2. The largest absolute Gasteiger partial charge is 0.451 e. The Hall–Kier alpha value is -4.60. The van der Waals surface area contributed by atoms with Crippen LogP contribution in [0.3, 0.4) is 0 Å². The molecule has 0 amide bonds. The number of fused-ring (bicyclic) bond motifs is 4. The van der Waals surface area contributed by atoms with Gasteiger partial charge in [-0.2, -0.15) is 0 Å². The summed E-state index contributed by atoms with van der Waals surface area (Å²) < 4.78 is 36.9. The quantitative estimate of drug-likeness (QED) is 0.121. The molecular formula is C73H88O3P4+2. The summed E-state index contributed by atoms with van der Waals surface area (Å²) in [6.07, 6.45) is 7.01. The highest BCUT2D eigenvalue weighted by Crippen LogP contribution is 2.70. The number of rotatable bonds is 11. The van der Waals surface area contributed by atoms with Crippen molar-refractivity contribution in [1.29, 1.82) is 0 Å². The van der Waals surface area contributed by atoms with E-state index in [-0.39, 0.29) is 38.4 Å². The summed E-state index contributed by atoms with van der Waals surface area (Å²) in [6.45, 7) is 32.7. The second kappa shape index (κ2) is 22.9. The van der Waals surface area contributed by atoms with Crippen LogP contribution in [-0.4, -0.2) is 11.3 Å². The fourth-order valence-corrected chi connectivity index (χ4v) is 24.1. The molecule has 11 rings (SSSR count). The molecule has 2 bridgehead atoms. The lowest BCUT2D eigenvalue weighted by molar-refractivity contribution is 0.155. The zero-order valence-electron chi connectivity index (χ0n) is 50.4. The van der Waals surface area contributed by atoms with Gasteiger partial charge in [0.25, 0.3) is 0 Å². The van der Waals surface area contributed by atoms with E-state index in [1.54, 1.807) is 0 Å². The van der Waals surface area contributed by atoms with Crippen LogP contribution in [0.1, 0.15) is 158 Å². The molecule has 3 nitrogen and oxygen atoms in total. The topological polar surface area (TPSA) is 43.4 Å². The molecule has 3 saturated carbocycles. The van der Waals surface area contributed by atoms with Crippen molar-refractivity contribution in [1.82, 2.24) is 0 Å². The first-order valence-corrected chi connectivity index (χ1v) is 35.1. The van der Waals surface area contributed by atoms with Crippen LogP contribution >= 0.6 is 31.4 Å². The highest BCUT2D eigenvalue weighted by atomic mass is 31.1. The van der Waals surface area contributed by atoms with Crippen molar-refractivity contribution in [2.45, 2.75) is 163 Å². The standard InChI is InChI=1S/C45H57O2P2.C28H31OP2/c1-29(2)35-23-22-30(3)24-38(35)49(46)40-28-32(44(7,8)9)26-37-42(40)47-41-36(45(37,10)11)25-31(43(4,5)6)27-39(41)48(33-18-14-12-15-19-33)34-20-16-13-17-21-34;1-27(2)21-18-19-28(27,3)26(20-21)31(29)25-17-11-10-16-24(25)30(22-12-6-4-7-13-22)23-14-8-5-9-15-23/h12-21,25-30,35,38H,22-24H2,1-11H3;4-17,21,26H,18-20H2,1-3H3/q2*+1/t30-,35+,38?;/m1./s1. The predicted octanol–water partition coefficient (Wildman–Crippen LogP) is 17.5. The Bertz CT molecular complexity index is 3280. The third-order valence-electron chi connectivity index (χ3n) is 19.6. The van der Waals surface area contributed by atoms with E-state index in [1.807, 2.05) is 0 Å². The van der Waals surface area contributed by atoms with Crippen molar-refractivity contribution in [3.8, 4) is 11.5 Å². The zero-order chi connectivity index (χ0) is 57.1. The lowest BCUT2D eigenvalue weighted by atomic mass is 9.71. The molecule has 7 heteroatoms. The molecule has 1 aliphatic heterocycles. The molecule has 416 valence electrons. The molecule has 7 aromatic carbocycles. The van der Waals surface area contributed by atoms with Gasteiger partial charge in [-0.15, -0.1) is 0 Å². The molecule has 80 heavy (non-hydrogen) atoms. The molecule has 3 aliphatic carbocycles. The van der Waals surface area contributed by atoms with Gasteiger partial charge < -0.3 is 4.74 Å². The van der Waals surface area contributed by atoms with Crippen LogP contribution in [0.2, 0.25) is 0 Å². The third kappa shape index (κ3) is 11.1. The first-order chi connectivity index (χ1) is 37.9. The summed E-state index contributed by atoms with van der Waals surface area (Å²) in [6, 6.07) is 61.5. The Kier molecular flexibility index (Phi) is 16.7. The van der Waals surface area contributed by atoms with Crippen molar-refractivity contribution < 1.29 is 13.9 Å². The van der Waals surface area contributed by atoms with E-state index >= 15 is 4.57 Å². The average molecular weight is 1140 g/mol. The second-order valence-corrected chi connectivity index (χ2v) is 35.6. The number of ether oxygens (including phenoxy) is 1. The summed E-state index contributed by atoms with van der Waals surface area (Å²) in [5.41, 5.74) is 5.30. The Balaban J connectivity index is 0.000000199. The average Bonchev–Trinajstić information content (AvgIpc) is 3.87. The summed E-state index contributed by atoms with van der Waals surface area (Å²) in [7, 11) is -4.86. The Morgan fingerprint density at radius 1 is 0.525 bits per heavy atom. The zero-order valence-corrected chi connectivity index (χ0v) is 54.0. The fraction of sp³-hybridized carbons (Fsp3) is 0.425. The van der Waals surface area contributed by atoms with E-state index in [1.165, 1.54) is 67.8 Å². The number of hydrogen-bond acceptors (Lipinski definition) is 3. The third-order valence-corrected chi connectivity index (χ3v) is 29.0. The molecule has 0 spiro atoms. The fourth-order valence-electron chi connectivity index (χ4n) is 14.1. The first kappa shape index (κ1) is 58.6. The summed E-state index contributed by atoms with van der Waals surface area (Å²) in [4.78, 5) is 0. The molecule has 8 atom stereocenters. The highest BCUT2D eigenvalue weighted by molar-refractivity contribution is 7.81. The monoisotopic (exact) mass is 1140 g/mol. The molecule has 3 fully saturated rings. The molecule has 7 aromatic rings. The van der Waals surface area contributed by atoms with Gasteiger partial charge in [-0.3, -0.25) is 0 Å². The van der Waals surface area contributed by atoms with Crippen LogP contribution in [0.5, 0.6) is 11.5 Å². The second-order valence-electron chi connectivity index (χ2n) is 27.6. The molecule has 0 saturated heterocycles. The van der Waals surface area contributed by atoms with Crippen LogP contribution in [0.15, 0.2) is 170 Å². The lowest BCUT2D eigenvalue weighted by Gasteiger charge is -2.39. The summed E-state index contributed by atoms with van der Waals surface area (Å²) in [5, 5.41) is 9.75. The van der Waals surface area contributed by atoms with Gasteiger partial charge in [-0.05, 0) is 139 Å². The first-order valence-electron chi connectivity index (χ1n) is 29.8. The van der Waals surface area contributed by atoms with E-state index in [4.69, 9.17) is 4.74 Å². The summed E-state index contributed by atoms with van der Waals surface area (Å²) in [5.74, 6) is 4.04. The van der Waals surface area contributed by atoms with E-state index in [2.05, 4.69) is 267 Å². The van der Waals surface area contributed by atoms with Crippen LogP contribution in [-0.2, 0) is 25.4 Å². The van der Waals surface area contributed by atoms with Gasteiger partial charge in [0.1, 0.15) is 5.75 Å². The number of benzene rings is 7. The van der Waals surface area contributed by atoms with Gasteiger partial charge in [0, 0.05) is 38.5 Å². The molecule has 6 unspecified atom stereocenters. The van der Waals surface area contributed by atoms with Gasteiger partial charge in [-0.25, -0.2) is 0 Å². The van der Waals surface area contributed by atoms with Gasteiger partial charge in [0.05, 0.1) is 0 Å². The maximum atomic E-state index is 15.3. The molecular weight excluding hydrogens is 1050 g/mol. The minimum atomic E-state index is -1.71. The van der Waals surface area contributed by atoms with Gasteiger partial charge >= 0.3 is 15.6 Å². The highest BCUT2D eigenvalue weighted by Gasteiger charge is 2.68. The van der Waals surface area contributed by atoms with Crippen molar-refractivity contribution in [3.63, 3.8) is 0 Å². The number of hydrogen-bond donors (Lipinski definition) is 0. The van der Waals surface area contributed by atoms with Crippen molar-refractivity contribution in [2.75, 3.05) is 0 Å². The van der Waals surface area contributed by atoms with E-state index in [0.717, 1.165) is 46.9 Å². The van der Waals surface area contributed by atoms with Crippen molar-refractivity contribution in [2.24, 2.45) is 34.5 Å². The lowest BCUT2D eigenvalue weighted by Crippen LogP contribution is -2.37. The van der Waals surface area contributed by atoms with Crippen LogP contribution in [0, 0.1) is 34.5 Å². The molecule has 0 aromatic heterocycles. The normalized spacial score (nSPS) is 23.2. The molecule has 0 N–H and O–H groups in total. The van der Waals surface area contributed by atoms with Gasteiger partial charge in [0.15, 0.2) is 22.4 Å². The van der Waals surface area contributed by atoms with Gasteiger partial charge in [-0.1, -0.05) is 258 Å². The maximum Gasteiger partial charge on any atom is 0.384 e. The van der Waals surface area contributed by atoms with Crippen molar-refractivity contribution >= 4 is 73.9 Å². The minimum absolute atomic E-state index is 0.0557. The van der Waals surface area contributed by atoms with Crippen LogP contribution < -0.4 is 47.2 Å². The van der Waals surface area contributed by atoms with E-state index < -0.39 is 31.4 Å². The molecule has 4 aliphatic rings. The Morgan fingerprint density at radius 2 is 0.988 bits per heavy atom. The maximum absolute atomic E-state index is 15.3. The predicted molar refractivity (Wildman–Crippen MR) is 349 cm³/mol. The Morgan fingerprint density at radius 3 is 1.45 bits per heavy atom. The minimum Gasteiger partial charge on any atom is -0.451 e. The molecule has 1 heterocycles. The van der Waals surface area contributed by atoms with Crippen LogP contribution in [0.25, 0.3) is 0 Å². The van der Waals surface area contributed by atoms with E-state index in [9.17, 15) is 4.57 Å². The van der Waals surface area contributed by atoms with E-state index in [0.29, 0.717) is 23.7 Å². The Labute approximate surface area is 486 Å². The van der Waals surface area contributed by atoms with Crippen molar-refractivity contribution in [3.05, 3.63) is 192 Å². The summed E-state index contributed by atoms with van der Waals surface area (Å²) >= 11 is 0. The van der Waals surface area contributed by atoms with Crippen LogP contribution in [0.4, 0.5) is 0 Å². The smallest absolute Gasteiger partial charge is 0.384 e.